The molecule has 0 saturated heterocycles. The van der Waals surface area contributed by atoms with Crippen molar-refractivity contribution in [3.8, 4) is 0 Å². The minimum absolute atomic E-state index is 0.0176. The lowest BCUT2D eigenvalue weighted by Gasteiger charge is -2.09. The van der Waals surface area contributed by atoms with Gasteiger partial charge in [0.2, 0.25) is 0 Å². The second-order valence-electron chi connectivity index (χ2n) is 3.76. The fraction of sp³-hybridized carbons (Fsp3) is 0. The van der Waals surface area contributed by atoms with Crippen molar-refractivity contribution in [3.63, 3.8) is 0 Å². The van der Waals surface area contributed by atoms with E-state index in [-0.39, 0.29) is 27.0 Å². The number of carbonyl (C=O) groups is 1. The van der Waals surface area contributed by atoms with Crippen LogP contribution in [0.5, 0.6) is 0 Å². The average molecular weight is 299 g/mol. The fourth-order valence-corrected chi connectivity index (χ4v) is 1.90. The molecule has 0 atom stereocenters. The zero-order chi connectivity index (χ0) is 14.0. The number of hydrogen-bond donors (Lipinski definition) is 2. The Morgan fingerprint density at radius 2 is 1.84 bits per heavy atom. The van der Waals surface area contributed by atoms with Crippen LogP contribution >= 0.6 is 23.2 Å². The van der Waals surface area contributed by atoms with Crippen LogP contribution in [0, 0.1) is 5.82 Å². The zero-order valence-corrected chi connectivity index (χ0v) is 11.1. The Hall–Kier alpha value is -1.78. The van der Waals surface area contributed by atoms with Crippen LogP contribution in [0.3, 0.4) is 0 Å². The quantitative estimate of drug-likeness (QED) is 0.824. The first-order valence-electron chi connectivity index (χ1n) is 5.30. The number of hydrogen-bond acceptors (Lipinski definition) is 2. The lowest BCUT2D eigenvalue weighted by Crippen LogP contribution is -2.14. The molecule has 2 aromatic rings. The maximum atomic E-state index is 13.7. The third kappa shape index (κ3) is 2.80. The highest BCUT2D eigenvalue weighted by Gasteiger charge is 2.15. The van der Waals surface area contributed by atoms with Crippen LogP contribution in [0.4, 0.5) is 15.8 Å². The Kier molecular flexibility index (Phi) is 3.93. The summed E-state index contributed by atoms with van der Waals surface area (Å²) in [6, 6.07) is 8.97. The van der Waals surface area contributed by atoms with Crippen LogP contribution in [0.25, 0.3) is 0 Å². The monoisotopic (exact) mass is 298 g/mol. The van der Waals surface area contributed by atoms with E-state index in [1.54, 1.807) is 12.1 Å². The summed E-state index contributed by atoms with van der Waals surface area (Å²) in [7, 11) is 0. The van der Waals surface area contributed by atoms with Crippen molar-refractivity contribution in [1.82, 2.24) is 0 Å². The van der Waals surface area contributed by atoms with Crippen molar-refractivity contribution in [3.05, 3.63) is 57.8 Å². The molecule has 0 aromatic heterocycles. The Bertz CT molecular complexity index is 647. The van der Waals surface area contributed by atoms with E-state index in [0.29, 0.717) is 0 Å². The van der Waals surface area contributed by atoms with Crippen LogP contribution in [-0.2, 0) is 0 Å². The molecular formula is C13H9Cl2FN2O. The maximum Gasteiger partial charge on any atom is 0.257 e. The molecule has 0 aliphatic carbocycles. The van der Waals surface area contributed by atoms with Crippen molar-refractivity contribution >= 4 is 40.5 Å². The van der Waals surface area contributed by atoms with E-state index in [1.165, 1.54) is 24.3 Å². The van der Waals surface area contributed by atoms with Crippen molar-refractivity contribution < 1.29 is 9.18 Å². The molecule has 1 amide bonds. The molecule has 0 saturated carbocycles. The van der Waals surface area contributed by atoms with Gasteiger partial charge in [-0.2, -0.15) is 0 Å². The lowest BCUT2D eigenvalue weighted by molar-refractivity contribution is 0.102. The third-order valence-corrected chi connectivity index (χ3v) is 3.19. The molecule has 2 aromatic carbocycles. The minimum Gasteiger partial charge on any atom is -0.398 e. The number of benzene rings is 2. The zero-order valence-electron chi connectivity index (χ0n) is 9.58. The van der Waals surface area contributed by atoms with Crippen LogP contribution < -0.4 is 11.1 Å². The van der Waals surface area contributed by atoms with E-state index < -0.39 is 11.7 Å². The summed E-state index contributed by atoms with van der Waals surface area (Å²) in [6.07, 6.45) is 0. The number of rotatable bonds is 2. The largest absolute Gasteiger partial charge is 0.398 e. The fourth-order valence-electron chi connectivity index (χ4n) is 1.52. The van der Waals surface area contributed by atoms with Crippen LogP contribution in [0.2, 0.25) is 10.0 Å². The summed E-state index contributed by atoms with van der Waals surface area (Å²) >= 11 is 11.5. The van der Waals surface area contributed by atoms with Crippen LogP contribution in [0.1, 0.15) is 10.4 Å². The van der Waals surface area contributed by atoms with Crippen molar-refractivity contribution in [2.24, 2.45) is 0 Å². The van der Waals surface area contributed by atoms with Gasteiger partial charge in [-0.1, -0.05) is 35.3 Å². The summed E-state index contributed by atoms with van der Waals surface area (Å²) in [5.41, 5.74) is 6.03. The van der Waals surface area contributed by atoms with Crippen LogP contribution in [0.15, 0.2) is 36.4 Å². The number of nitrogens with two attached hydrogens (primary N) is 1. The summed E-state index contributed by atoms with van der Waals surface area (Å²) in [4.78, 5) is 12.0. The van der Waals surface area contributed by atoms with E-state index in [0.717, 1.165) is 0 Å². The molecule has 0 aliphatic heterocycles. The smallest absolute Gasteiger partial charge is 0.257 e. The predicted octanol–water partition coefficient (Wildman–Crippen LogP) is 3.97. The van der Waals surface area contributed by atoms with Gasteiger partial charge in [0.1, 0.15) is 0 Å². The number of anilines is 2. The number of nitrogens with one attached hydrogen (secondary N) is 1. The molecule has 0 fully saturated rings. The Balaban J connectivity index is 2.31. The highest BCUT2D eigenvalue weighted by molar-refractivity contribution is 6.36. The second-order valence-corrected chi connectivity index (χ2v) is 4.55. The molecule has 0 unspecified atom stereocenters. The highest BCUT2D eigenvalue weighted by atomic mass is 35.5. The first kappa shape index (κ1) is 13.6. The molecule has 0 spiro atoms. The predicted molar refractivity (Wildman–Crippen MR) is 75.2 cm³/mol. The topological polar surface area (TPSA) is 55.1 Å². The van der Waals surface area contributed by atoms with E-state index >= 15 is 0 Å². The second kappa shape index (κ2) is 5.47. The average Bonchev–Trinajstić information content (AvgIpc) is 2.38. The summed E-state index contributed by atoms with van der Waals surface area (Å²) in [6.45, 7) is 0. The SMILES string of the molecule is Nc1cccc(C(=O)Nc2cccc(Cl)c2F)c1Cl. The molecule has 0 heterocycles. The lowest BCUT2D eigenvalue weighted by atomic mass is 10.2. The number of halogens is 3. The molecule has 0 radical (unpaired) electrons. The third-order valence-electron chi connectivity index (χ3n) is 2.47. The first-order valence-corrected chi connectivity index (χ1v) is 6.05. The summed E-state index contributed by atoms with van der Waals surface area (Å²) in [5, 5.41) is 2.45. The first-order chi connectivity index (χ1) is 9.00. The van der Waals surface area contributed by atoms with Gasteiger partial charge in [0.15, 0.2) is 5.82 Å². The highest BCUT2D eigenvalue weighted by Crippen LogP contribution is 2.26. The van der Waals surface area contributed by atoms with Crippen molar-refractivity contribution in [1.29, 1.82) is 0 Å². The van der Waals surface area contributed by atoms with E-state index in [9.17, 15) is 9.18 Å². The molecule has 19 heavy (non-hydrogen) atoms. The summed E-state index contributed by atoms with van der Waals surface area (Å²) < 4.78 is 13.7. The number of nitrogen functional groups attached to an aromatic ring is 1. The maximum absolute atomic E-state index is 13.7. The van der Waals surface area contributed by atoms with Gasteiger partial charge in [-0.15, -0.1) is 0 Å². The molecule has 6 heteroatoms. The molecular weight excluding hydrogens is 290 g/mol. The van der Waals surface area contributed by atoms with Crippen LogP contribution in [-0.4, -0.2) is 5.91 Å². The van der Waals surface area contributed by atoms with Gasteiger partial charge in [-0.3, -0.25) is 4.79 Å². The number of carbonyl (C=O) groups excluding carboxylic acids is 1. The van der Waals surface area contributed by atoms with Gasteiger partial charge in [0, 0.05) is 0 Å². The summed E-state index contributed by atoms with van der Waals surface area (Å²) in [5.74, 6) is -1.25. The van der Waals surface area contributed by atoms with Gasteiger partial charge in [0.05, 0.1) is 27.0 Å². The Morgan fingerprint density at radius 3 is 2.58 bits per heavy atom. The van der Waals surface area contributed by atoms with Gasteiger partial charge < -0.3 is 11.1 Å². The molecule has 3 nitrogen and oxygen atoms in total. The van der Waals surface area contributed by atoms with Crippen molar-refractivity contribution in [2.75, 3.05) is 11.1 Å². The van der Waals surface area contributed by atoms with Gasteiger partial charge >= 0.3 is 0 Å². The molecule has 3 N–H and O–H groups in total. The Morgan fingerprint density at radius 1 is 1.16 bits per heavy atom. The standard InChI is InChI=1S/C13H9Cl2FN2O/c14-8-4-2-6-10(12(8)16)18-13(19)7-3-1-5-9(17)11(7)15/h1-6H,17H2,(H,18,19). The molecule has 0 bridgehead atoms. The van der Waals surface area contributed by atoms with E-state index in [4.69, 9.17) is 28.9 Å². The minimum atomic E-state index is -0.697. The van der Waals surface area contributed by atoms with Gasteiger partial charge in [0.25, 0.3) is 5.91 Å². The van der Waals surface area contributed by atoms with E-state index in [2.05, 4.69) is 5.32 Å². The van der Waals surface area contributed by atoms with Gasteiger partial charge in [-0.25, -0.2) is 4.39 Å². The van der Waals surface area contributed by atoms with E-state index in [1.807, 2.05) is 0 Å². The molecule has 98 valence electrons. The normalized spacial score (nSPS) is 10.3. The molecule has 0 aliphatic rings. The number of amides is 1. The van der Waals surface area contributed by atoms with Crippen molar-refractivity contribution in [2.45, 2.75) is 0 Å². The molecule has 2 rings (SSSR count). The van der Waals surface area contributed by atoms with Gasteiger partial charge in [-0.05, 0) is 24.3 Å². The Labute approximate surface area is 119 Å².